The molecule has 170 valence electrons. The summed E-state index contributed by atoms with van der Waals surface area (Å²) in [5, 5.41) is 18.5. The normalized spacial score (nSPS) is 11.4. The summed E-state index contributed by atoms with van der Waals surface area (Å²) in [6.07, 6.45) is 10.1. The Labute approximate surface area is 197 Å². The minimum Gasteiger partial charge on any atom is -0.494 e. The third kappa shape index (κ3) is 6.92. The minimum atomic E-state index is -0.483. The zero-order valence-electron chi connectivity index (χ0n) is 18.4. The first-order valence-electron chi connectivity index (χ1n) is 11.3. The first-order chi connectivity index (χ1) is 15.6. The average molecular weight is 500 g/mol. The third-order valence-electron chi connectivity index (χ3n) is 5.32. The molecule has 7 heteroatoms. The predicted octanol–water partition coefficient (Wildman–Crippen LogP) is 8.08. The zero-order chi connectivity index (χ0) is 22.8. The van der Waals surface area contributed by atoms with Gasteiger partial charge in [0.25, 0.3) is 5.91 Å². The van der Waals surface area contributed by atoms with E-state index in [1.165, 1.54) is 44.9 Å². The Bertz CT molecular complexity index is 1040. The number of carbonyl (C=O) groups excluding carboxylic acids is 1. The molecule has 2 N–H and O–H groups in total. The van der Waals surface area contributed by atoms with Gasteiger partial charge in [-0.15, -0.1) is 10.2 Å². The number of aromatic hydroxyl groups is 1. The largest absolute Gasteiger partial charge is 0.494 e. The quantitative estimate of drug-likeness (QED) is 0.195. The molecule has 1 heterocycles. The van der Waals surface area contributed by atoms with Crippen molar-refractivity contribution in [2.24, 2.45) is 10.2 Å². The van der Waals surface area contributed by atoms with Gasteiger partial charge >= 0.3 is 0 Å². The van der Waals surface area contributed by atoms with Crippen LogP contribution in [-0.4, -0.2) is 22.6 Å². The molecule has 0 saturated heterocycles. The Morgan fingerprint density at radius 1 is 1.00 bits per heavy atom. The topological polar surface area (TPSA) is 87.0 Å². The first kappa shape index (κ1) is 24.0. The van der Waals surface area contributed by atoms with Crippen molar-refractivity contribution in [1.82, 2.24) is 4.98 Å². The van der Waals surface area contributed by atoms with Crippen LogP contribution in [0.4, 0.5) is 5.69 Å². The molecule has 0 bridgehead atoms. The van der Waals surface area contributed by atoms with E-state index >= 15 is 0 Å². The lowest BCUT2D eigenvalue weighted by molar-refractivity contribution is 0.0995. The van der Waals surface area contributed by atoms with Crippen molar-refractivity contribution < 1.29 is 14.6 Å². The number of hydrogen-bond donors (Lipinski definition) is 2. The molecular weight excluding hydrogens is 470 g/mol. The highest BCUT2D eigenvalue weighted by Gasteiger charge is 2.12. The lowest BCUT2D eigenvalue weighted by Crippen LogP contribution is -1.98. The fourth-order valence-electron chi connectivity index (χ4n) is 3.51. The van der Waals surface area contributed by atoms with Crippen molar-refractivity contribution in [2.75, 3.05) is 6.61 Å². The summed E-state index contributed by atoms with van der Waals surface area (Å²) in [6, 6.07) is 12.4. The van der Waals surface area contributed by atoms with Crippen LogP contribution < -0.4 is 4.74 Å². The van der Waals surface area contributed by atoms with Gasteiger partial charge in [0, 0.05) is 15.4 Å². The molecular formula is C25H30BrN3O3. The second kappa shape index (κ2) is 12.4. The van der Waals surface area contributed by atoms with Crippen molar-refractivity contribution in [3.8, 4) is 11.6 Å². The Balaban J connectivity index is 1.46. The molecule has 0 aliphatic carbocycles. The number of fused-ring (bicyclic) bond motifs is 1. The van der Waals surface area contributed by atoms with Gasteiger partial charge in [0.1, 0.15) is 5.75 Å². The van der Waals surface area contributed by atoms with Gasteiger partial charge in [-0.05, 0) is 48.9 Å². The van der Waals surface area contributed by atoms with Gasteiger partial charge in [-0.25, -0.2) is 0 Å². The molecule has 0 aliphatic heterocycles. The van der Waals surface area contributed by atoms with Crippen molar-refractivity contribution in [1.29, 1.82) is 0 Å². The molecule has 1 aromatic heterocycles. The Kier molecular flexibility index (Phi) is 9.28. The van der Waals surface area contributed by atoms with Crippen LogP contribution in [0.5, 0.6) is 11.6 Å². The maximum Gasteiger partial charge on any atom is 0.295 e. The molecule has 2 aromatic carbocycles. The SMILES string of the molecule is CCCCCCCCCCOc1ccc(C(=O)N=Nc2c(O)[nH]c3ccc(Br)cc23)cc1. The van der Waals surface area contributed by atoms with Gasteiger partial charge in [-0.2, -0.15) is 0 Å². The summed E-state index contributed by atoms with van der Waals surface area (Å²) >= 11 is 3.39. The number of aromatic nitrogens is 1. The fraction of sp³-hybridized carbons (Fsp3) is 0.400. The molecule has 0 spiro atoms. The molecule has 0 aliphatic rings. The Hall–Kier alpha value is -2.67. The maximum atomic E-state index is 12.4. The van der Waals surface area contributed by atoms with E-state index in [0.29, 0.717) is 23.1 Å². The number of unbranched alkanes of at least 4 members (excludes halogenated alkanes) is 7. The van der Waals surface area contributed by atoms with Crippen molar-refractivity contribution in [3.05, 3.63) is 52.5 Å². The van der Waals surface area contributed by atoms with Gasteiger partial charge in [-0.3, -0.25) is 4.79 Å². The number of hydrogen-bond acceptors (Lipinski definition) is 4. The van der Waals surface area contributed by atoms with Gasteiger partial charge in [0.2, 0.25) is 5.88 Å². The highest BCUT2D eigenvalue weighted by atomic mass is 79.9. The molecule has 0 fully saturated rings. The number of H-pyrrole nitrogens is 1. The molecule has 6 nitrogen and oxygen atoms in total. The molecule has 0 unspecified atom stereocenters. The molecule has 0 atom stereocenters. The molecule has 0 saturated carbocycles. The van der Waals surface area contributed by atoms with Crippen LogP contribution in [0, 0.1) is 0 Å². The van der Waals surface area contributed by atoms with Crippen LogP contribution in [0.3, 0.4) is 0 Å². The van der Waals surface area contributed by atoms with Crippen LogP contribution in [-0.2, 0) is 0 Å². The number of carbonyl (C=O) groups is 1. The van der Waals surface area contributed by atoms with E-state index in [9.17, 15) is 9.90 Å². The number of halogens is 1. The highest BCUT2D eigenvalue weighted by Crippen LogP contribution is 2.36. The molecule has 3 aromatic rings. The van der Waals surface area contributed by atoms with Gasteiger partial charge in [-0.1, -0.05) is 67.8 Å². The number of nitrogens with one attached hydrogen (secondary N) is 1. The number of azo groups is 1. The number of amides is 1. The number of aromatic amines is 1. The van der Waals surface area contributed by atoms with Crippen LogP contribution in [0.15, 0.2) is 57.2 Å². The van der Waals surface area contributed by atoms with Crippen LogP contribution in [0.25, 0.3) is 10.9 Å². The van der Waals surface area contributed by atoms with Crippen LogP contribution >= 0.6 is 15.9 Å². The average Bonchev–Trinajstić information content (AvgIpc) is 3.11. The summed E-state index contributed by atoms with van der Waals surface area (Å²) in [4.78, 5) is 15.2. The van der Waals surface area contributed by atoms with Crippen LogP contribution in [0.2, 0.25) is 0 Å². The smallest absolute Gasteiger partial charge is 0.295 e. The molecule has 0 radical (unpaired) electrons. The second-order valence-electron chi connectivity index (χ2n) is 7.86. The highest BCUT2D eigenvalue weighted by molar-refractivity contribution is 9.10. The zero-order valence-corrected chi connectivity index (χ0v) is 20.0. The fourth-order valence-corrected chi connectivity index (χ4v) is 3.87. The van der Waals surface area contributed by atoms with E-state index in [1.807, 2.05) is 18.2 Å². The summed E-state index contributed by atoms with van der Waals surface area (Å²) in [5.74, 6) is 0.128. The van der Waals surface area contributed by atoms with E-state index < -0.39 is 5.91 Å². The van der Waals surface area contributed by atoms with Crippen molar-refractivity contribution >= 4 is 38.4 Å². The number of ether oxygens (including phenoxy) is 1. The van der Waals surface area contributed by atoms with Crippen molar-refractivity contribution in [2.45, 2.75) is 58.3 Å². The van der Waals surface area contributed by atoms with E-state index in [0.717, 1.165) is 16.6 Å². The lowest BCUT2D eigenvalue weighted by atomic mass is 10.1. The number of rotatable bonds is 12. The molecule has 1 amide bonds. The van der Waals surface area contributed by atoms with E-state index in [-0.39, 0.29) is 11.6 Å². The van der Waals surface area contributed by atoms with E-state index in [2.05, 4.69) is 38.1 Å². The summed E-state index contributed by atoms with van der Waals surface area (Å²) in [6.45, 7) is 2.91. The predicted molar refractivity (Wildman–Crippen MR) is 131 cm³/mol. The summed E-state index contributed by atoms with van der Waals surface area (Å²) in [7, 11) is 0. The lowest BCUT2D eigenvalue weighted by Gasteiger charge is -2.06. The Morgan fingerprint density at radius 3 is 2.41 bits per heavy atom. The molecule has 3 rings (SSSR count). The Morgan fingerprint density at radius 2 is 1.69 bits per heavy atom. The van der Waals surface area contributed by atoms with Gasteiger partial charge < -0.3 is 14.8 Å². The monoisotopic (exact) mass is 499 g/mol. The van der Waals surface area contributed by atoms with E-state index in [4.69, 9.17) is 4.74 Å². The van der Waals surface area contributed by atoms with Crippen LogP contribution in [0.1, 0.15) is 68.6 Å². The van der Waals surface area contributed by atoms with Gasteiger partial charge in [0.05, 0.1) is 12.1 Å². The van der Waals surface area contributed by atoms with E-state index in [1.54, 1.807) is 24.3 Å². The molecule has 32 heavy (non-hydrogen) atoms. The van der Waals surface area contributed by atoms with Gasteiger partial charge in [0.15, 0.2) is 5.69 Å². The summed E-state index contributed by atoms with van der Waals surface area (Å²) < 4.78 is 6.61. The minimum absolute atomic E-state index is 0.126. The number of nitrogens with zero attached hydrogens (tertiary/aromatic N) is 2. The summed E-state index contributed by atoms with van der Waals surface area (Å²) in [5.41, 5.74) is 1.36. The standard InChI is InChI=1S/C25H30BrN3O3/c1-2-3-4-5-6-7-8-9-16-32-20-13-10-18(11-14-20)24(30)29-28-23-21-17-19(26)12-15-22(21)27-25(23)31/h10-15,17,27,31H,2-9,16H2,1H3. The maximum absolute atomic E-state index is 12.4. The van der Waals surface area contributed by atoms with Crippen molar-refractivity contribution in [3.63, 3.8) is 0 Å². The first-order valence-corrected chi connectivity index (χ1v) is 12.1. The second-order valence-corrected chi connectivity index (χ2v) is 8.78. The third-order valence-corrected chi connectivity index (χ3v) is 5.82. The number of benzene rings is 2.